The zero-order valence-corrected chi connectivity index (χ0v) is 12.5. The molecule has 0 saturated heterocycles. The van der Waals surface area contributed by atoms with E-state index in [0.29, 0.717) is 5.92 Å². The third-order valence-corrected chi connectivity index (χ3v) is 4.59. The molecule has 0 aromatic heterocycles. The van der Waals surface area contributed by atoms with Crippen LogP contribution in [0.15, 0.2) is 48.5 Å². The van der Waals surface area contributed by atoms with Gasteiger partial charge >= 0.3 is 0 Å². The molecule has 0 radical (unpaired) electrons. The fourth-order valence-electron chi connectivity index (χ4n) is 3.38. The molecule has 0 heterocycles. The van der Waals surface area contributed by atoms with Crippen LogP contribution in [0.2, 0.25) is 0 Å². The predicted octanol–water partition coefficient (Wildman–Crippen LogP) is 5.47. The lowest BCUT2D eigenvalue weighted by Gasteiger charge is -2.15. The van der Waals surface area contributed by atoms with Crippen molar-refractivity contribution in [2.45, 2.75) is 38.5 Å². The summed E-state index contributed by atoms with van der Waals surface area (Å²) >= 11 is 0. The highest BCUT2D eigenvalue weighted by Gasteiger charge is 2.15. The molecule has 1 nitrogen and oxygen atoms in total. The summed E-state index contributed by atoms with van der Waals surface area (Å²) in [5.74, 6) is 0.628. The number of hydrogen-bond donors (Lipinski definition) is 1. The van der Waals surface area contributed by atoms with Crippen LogP contribution >= 0.6 is 0 Å². The predicted molar refractivity (Wildman–Crippen MR) is 90.0 cm³/mol. The third-order valence-electron chi connectivity index (χ3n) is 4.59. The summed E-state index contributed by atoms with van der Waals surface area (Å²) in [4.78, 5) is 0. The molecule has 4 rings (SSSR count). The first-order chi connectivity index (χ1) is 10.4. The molecule has 0 spiro atoms. The van der Waals surface area contributed by atoms with Crippen molar-refractivity contribution in [1.82, 2.24) is 0 Å². The van der Waals surface area contributed by atoms with Gasteiger partial charge < -0.3 is 5.41 Å². The van der Waals surface area contributed by atoms with E-state index in [4.69, 9.17) is 5.41 Å². The smallest absolute Gasteiger partial charge is 0.00135 e. The van der Waals surface area contributed by atoms with Crippen molar-refractivity contribution in [2.24, 2.45) is 5.92 Å². The van der Waals surface area contributed by atoms with E-state index in [1.807, 2.05) is 0 Å². The molecule has 0 bridgehead atoms. The van der Waals surface area contributed by atoms with Crippen LogP contribution in [-0.4, -0.2) is 6.21 Å². The van der Waals surface area contributed by atoms with Crippen molar-refractivity contribution in [3.8, 4) is 11.1 Å². The Morgan fingerprint density at radius 1 is 0.762 bits per heavy atom. The average molecular weight is 277 g/mol. The van der Waals surface area contributed by atoms with Gasteiger partial charge in [0.25, 0.3) is 0 Å². The van der Waals surface area contributed by atoms with Gasteiger partial charge in [-0.05, 0) is 53.6 Å². The van der Waals surface area contributed by atoms with Crippen LogP contribution in [0.4, 0.5) is 0 Å². The van der Waals surface area contributed by atoms with Crippen LogP contribution in [0.25, 0.3) is 11.1 Å². The summed E-state index contributed by atoms with van der Waals surface area (Å²) in [6.45, 7) is 0. The summed E-state index contributed by atoms with van der Waals surface area (Å²) in [6, 6.07) is 17.3. The molecule has 2 aliphatic carbocycles. The Hall–Kier alpha value is -1.89. The van der Waals surface area contributed by atoms with Crippen molar-refractivity contribution >= 4 is 6.21 Å². The van der Waals surface area contributed by atoms with Gasteiger partial charge in [0.05, 0.1) is 0 Å². The molecule has 1 fully saturated rings. The molecule has 1 N–H and O–H groups in total. The molecule has 2 aromatic carbocycles. The van der Waals surface area contributed by atoms with Gasteiger partial charge in [-0.15, -0.1) is 0 Å². The Balaban J connectivity index is 0.000000143. The van der Waals surface area contributed by atoms with E-state index in [0.717, 1.165) is 6.42 Å². The first kappa shape index (κ1) is 14.1. The lowest BCUT2D eigenvalue weighted by atomic mass is 9.90. The molecule has 1 heteroatoms. The van der Waals surface area contributed by atoms with Crippen molar-refractivity contribution in [1.29, 1.82) is 5.41 Å². The molecule has 0 amide bonds. The van der Waals surface area contributed by atoms with Gasteiger partial charge in [0, 0.05) is 0 Å². The number of nitrogens with one attached hydrogen (secondary N) is 1. The van der Waals surface area contributed by atoms with Crippen molar-refractivity contribution in [2.75, 3.05) is 0 Å². The average Bonchev–Trinajstić information content (AvgIpc) is 2.95. The maximum atomic E-state index is 6.97. The number of rotatable bonds is 1. The van der Waals surface area contributed by atoms with E-state index in [1.165, 1.54) is 54.4 Å². The Morgan fingerprint density at radius 3 is 1.76 bits per heavy atom. The molecule has 0 aliphatic heterocycles. The van der Waals surface area contributed by atoms with Gasteiger partial charge in [0.2, 0.25) is 0 Å². The fraction of sp³-hybridized carbons (Fsp3) is 0.350. The fourth-order valence-corrected chi connectivity index (χ4v) is 3.38. The molecule has 1 saturated carbocycles. The third kappa shape index (κ3) is 3.24. The lowest BCUT2D eigenvalue weighted by Crippen LogP contribution is -2.05. The second-order valence-electron chi connectivity index (χ2n) is 6.06. The SMILES string of the molecule is N=CC1CCCCC1.c1ccc2c(c1)Cc1ccccc1-2. The Bertz CT molecular complexity index is 565. The largest absolute Gasteiger partial charge is 0.313 e. The van der Waals surface area contributed by atoms with Crippen molar-refractivity contribution in [3.05, 3.63) is 59.7 Å². The summed E-state index contributed by atoms with van der Waals surface area (Å²) in [6.07, 6.45) is 9.34. The van der Waals surface area contributed by atoms with Gasteiger partial charge in [-0.25, -0.2) is 0 Å². The van der Waals surface area contributed by atoms with Crippen LogP contribution in [0.1, 0.15) is 43.2 Å². The molecule has 108 valence electrons. The molecule has 2 aromatic rings. The van der Waals surface area contributed by atoms with E-state index in [2.05, 4.69) is 48.5 Å². The normalized spacial score (nSPS) is 16.4. The molecule has 0 atom stereocenters. The molecular formula is C20H23N. The minimum absolute atomic E-state index is 0.628. The van der Waals surface area contributed by atoms with Gasteiger partial charge in [0.1, 0.15) is 0 Å². The minimum atomic E-state index is 0.628. The summed E-state index contributed by atoms with van der Waals surface area (Å²) < 4.78 is 0. The number of hydrogen-bond acceptors (Lipinski definition) is 1. The zero-order valence-electron chi connectivity index (χ0n) is 12.5. The molecule has 0 unspecified atom stereocenters. The topological polar surface area (TPSA) is 23.9 Å². The van der Waals surface area contributed by atoms with E-state index in [9.17, 15) is 0 Å². The van der Waals surface area contributed by atoms with Crippen LogP contribution in [0, 0.1) is 11.3 Å². The Kier molecular flexibility index (Phi) is 4.49. The quantitative estimate of drug-likeness (QED) is 0.570. The number of fused-ring (bicyclic) bond motifs is 3. The van der Waals surface area contributed by atoms with Gasteiger partial charge in [-0.1, -0.05) is 67.8 Å². The zero-order chi connectivity index (χ0) is 14.5. The highest BCUT2D eigenvalue weighted by molar-refractivity contribution is 5.76. The second-order valence-corrected chi connectivity index (χ2v) is 6.06. The maximum Gasteiger partial charge on any atom is -0.00135 e. The minimum Gasteiger partial charge on any atom is -0.313 e. The molecule has 2 aliphatic rings. The first-order valence-corrected chi connectivity index (χ1v) is 8.05. The van der Waals surface area contributed by atoms with Crippen molar-refractivity contribution in [3.63, 3.8) is 0 Å². The van der Waals surface area contributed by atoms with Gasteiger partial charge in [-0.3, -0.25) is 0 Å². The maximum absolute atomic E-state index is 6.97. The van der Waals surface area contributed by atoms with E-state index in [-0.39, 0.29) is 0 Å². The lowest BCUT2D eigenvalue weighted by molar-refractivity contribution is 0.444. The highest BCUT2D eigenvalue weighted by Crippen LogP contribution is 2.35. The Labute approximate surface area is 127 Å². The van der Waals surface area contributed by atoms with Crippen LogP contribution < -0.4 is 0 Å². The van der Waals surface area contributed by atoms with E-state index in [1.54, 1.807) is 6.21 Å². The van der Waals surface area contributed by atoms with E-state index < -0.39 is 0 Å². The highest BCUT2D eigenvalue weighted by atomic mass is 14.4. The van der Waals surface area contributed by atoms with Crippen LogP contribution in [0.3, 0.4) is 0 Å². The summed E-state index contributed by atoms with van der Waals surface area (Å²) in [7, 11) is 0. The standard InChI is InChI=1S/C13H10.C7H13N/c1-3-7-12-10(5-1)9-11-6-2-4-8-13(11)12;8-6-7-4-2-1-3-5-7/h1-8H,9H2;6-8H,1-5H2. The summed E-state index contributed by atoms with van der Waals surface area (Å²) in [5, 5.41) is 6.97. The van der Waals surface area contributed by atoms with Crippen LogP contribution in [-0.2, 0) is 6.42 Å². The monoisotopic (exact) mass is 277 g/mol. The van der Waals surface area contributed by atoms with E-state index >= 15 is 0 Å². The summed E-state index contributed by atoms with van der Waals surface area (Å²) in [5.41, 5.74) is 5.75. The molecule has 21 heavy (non-hydrogen) atoms. The first-order valence-electron chi connectivity index (χ1n) is 8.05. The molecular weight excluding hydrogens is 254 g/mol. The Morgan fingerprint density at radius 2 is 1.29 bits per heavy atom. The van der Waals surface area contributed by atoms with Crippen LogP contribution in [0.5, 0.6) is 0 Å². The second kappa shape index (κ2) is 6.71. The van der Waals surface area contributed by atoms with Crippen molar-refractivity contribution < 1.29 is 0 Å². The van der Waals surface area contributed by atoms with Gasteiger partial charge in [0.15, 0.2) is 0 Å². The van der Waals surface area contributed by atoms with Gasteiger partial charge in [-0.2, -0.15) is 0 Å². The number of benzene rings is 2.